The number of aromatic nitrogens is 3. The van der Waals surface area contributed by atoms with Crippen LogP contribution < -0.4 is 15.0 Å². The molecule has 2 aromatic rings. The summed E-state index contributed by atoms with van der Waals surface area (Å²) in [5.41, 5.74) is 0.510. The SMILES string of the molecule is CC(C)N(C(=O)c1cc(F)ccc1Oc1nncnc1N1CC2(CCNCC2)C1)C1CCC1. The van der Waals surface area contributed by atoms with Crippen LogP contribution >= 0.6 is 0 Å². The number of halogens is 1. The van der Waals surface area contributed by atoms with Gasteiger partial charge in [0.1, 0.15) is 17.9 Å². The molecular formula is C24H31FN6O2. The number of hydrogen-bond acceptors (Lipinski definition) is 7. The van der Waals surface area contributed by atoms with Crippen molar-refractivity contribution in [1.82, 2.24) is 25.4 Å². The van der Waals surface area contributed by atoms with Crippen LogP contribution in [-0.4, -0.2) is 64.3 Å². The van der Waals surface area contributed by atoms with Crippen molar-refractivity contribution in [3.05, 3.63) is 35.9 Å². The van der Waals surface area contributed by atoms with Crippen LogP contribution in [0.4, 0.5) is 10.2 Å². The van der Waals surface area contributed by atoms with Crippen LogP contribution in [0.5, 0.6) is 11.6 Å². The second kappa shape index (κ2) is 8.85. The lowest BCUT2D eigenvalue weighted by Gasteiger charge is -2.52. The maximum absolute atomic E-state index is 14.2. The predicted octanol–water partition coefficient (Wildman–Crippen LogP) is 3.40. The Balaban J connectivity index is 1.40. The zero-order valence-corrected chi connectivity index (χ0v) is 19.3. The molecule has 2 aliphatic heterocycles. The average molecular weight is 455 g/mol. The Bertz CT molecular complexity index is 1010. The Labute approximate surface area is 193 Å². The molecule has 5 rings (SSSR count). The van der Waals surface area contributed by atoms with E-state index in [4.69, 9.17) is 4.74 Å². The van der Waals surface area contributed by atoms with Gasteiger partial charge in [0, 0.05) is 30.6 Å². The van der Waals surface area contributed by atoms with E-state index in [1.807, 2.05) is 18.7 Å². The van der Waals surface area contributed by atoms with E-state index in [1.54, 1.807) is 0 Å². The first-order valence-electron chi connectivity index (χ1n) is 11.9. The minimum Gasteiger partial charge on any atom is -0.434 e. The van der Waals surface area contributed by atoms with Crippen molar-refractivity contribution in [2.24, 2.45) is 5.41 Å². The molecule has 1 saturated carbocycles. The van der Waals surface area contributed by atoms with E-state index in [9.17, 15) is 9.18 Å². The molecule has 3 fully saturated rings. The fourth-order valence-electron chi connectivity index (χ4n) is 5.22. The monoisotopic (exact) mass is 454 g/mol. The predicted molar refractivity (Wildman–Crippen MR) is 122 cm³/mol. The molecule has 176 valence electrons. The lowest BCUT2D eigenvalue weighted by molar-refractivity contribution is 0.0486. The summed E-state index contributed by atoms with van der Waals surface area (Å²) >= 11 is 0. The summed E-state index contributed by atoms with van der Waals surface area (Å²) in [6.07, 6.45) is 6.74. The maximum atomic E-state index is 14.2. The maximum Gasteiger partial charge on any atom is 0.282 e. The lowest BCUT2D eigenvalue weighted by atomic mass is 9.72. The van der Waals surface area contributed by atoms with Crippen LogP contribution in [0.1, 0.15) is 56.3 Å². The minimum absolute atomic E-state index is 0.00919. The quantitative estimate of drug-likeness (QED) is 0.716. The Kier molecular flexibility index (Phi) is 5.90. The molecule has 3 heterocycles. The molecule has 1 spiro atoms. The first-order valence-corrected chi connectivity index (χ1v) is 11.9. The summed E-state index contributed by atoms with van der Waals surface area (Å²) in [6.45, 7) is 7.83. The van der Waals surface area contributed by atoms with Gasteiger partial charge in [-0.15, -0.1) is 10.2 Å². The third-order valence-electron chi connectivity index (χ3n) is 7.23. The van der Waals surface area contributed by atoms with Crippen LogP contribution in [-0.2, 0) is 0 Å². The number of benzene rings is 1. The Morgan fingerprint density at radius 1 is 1.27 bits per heavy atom. The number of nitrogens with zero attached hydrogens (tertiary/aromatic N) is 5. The topological polar surface area (TPSA) is 83.5 Å². The molecule has 1 aromatic carbocycles. The second-order valence-corrected chi connectivity index (χ2v) is 9.83. The average Bonchev–Trinajstić information content (AvgIpc) is 2.76. The van der Waals surface area contributed by atoms with E-state index >= 15 is 0 Å². The largest absolute Gasteiger partial charge is 0.434 e. The number of rotatable bonds is 6. The molecule has 8 nitrogen and oxygen atoms in total. The third kappa shape index (κ3) is 4.26. The third-order valence-corrected chi connectivity index (χ3v) is 7.23. The fraction of sp³-hybridized carbons (Fsp3) is 0.583. The van der Waals surface area contributed by atoms with Gasteiger partial charge >= 0.3 is 0 Å². The highest BCUT2D eigenvalue weighted by Crippen LogP contribution is 2.43. The van der Waals surface area contributed by atoms with E-state index < -0.39 is 5.82 Å². The van der Waals surface area contributed by atoms with Crippen molar-refractivity contribution >= 4 is 11.7 Å². The highest BCUT2D eigenvalue weighted by molar-refractivity contribution is 5.97. The van der Waals surface area contributed by atoms with E-state index in [0.29, 0.717) is 11.2 Å². The number of amides is 1. The van der Waals surface area contributed by atoms with Crippen LogP contribution in [0, 0.1) is 11.2 Å². The number of carbonyl (C=O) groups excluding carboxylic acids is 1. The van der Waals surface area contributed by atoms with E-state index in [-0.39, 0.29) is 35.2 Å². The van der Waals surface area contributed by atoms with Gasteiger partial charge in [-0.1, -0.05) is 0 Å². The van der Waals surface area contributed by atoms with Gasteiger partial charge in [-0.25, -0.2) is 9.37 Å². The molecule has 0 radical (unpaired) electrons. The van der Waals surface area contributed by atoms with E-state index in [1.165, 1.54) is 24.5 Å². The van der Waals surface area contributed by atoms with E-state index in [2.05, 4.69) is 25.4 Å². The van der Waals surface area contributed by atoms with Crippen LogP contribution in [0.3, 0.4) is 0 Å². The highest BCUT2D eigenvalue weighted by Gasteiger charge is 2.45. The number of carbonyl (C=O) groups is 1. The van der Waals surface area contributed by atoms with Crippen molar-refractivity contribution in [3.63, 3.8) is 0 Å². The number of ether oxygens (including phenoxy) is 1. The molecule has 1 aliphatic carbocycles. The highest BCUT2D eigenvalue weighted by atomic mass is 19.1. The molecular weight excluding hydrogens is 423 g/mol. The minimum atomic E-state index is -0.476. The fourth-order valence-corrected chi connectivity index (χ4v) is 5.22. The Morgan fingerprint density at radius 3 is 2.70 bits per heavy atom. The number of piperidine rings is 1. The van der Waals surface area contributed by atoms with Gasteiger partial charge in [0.05, 0.1) is 5.56 Å². The summed E-state index contributed by atoms with van der Waals surface area (Å²) in [4.78, 5) is 21.9. The first-order chi connectivity index (χ1) is 16.0. The standard InChI is InChI=1S/C24H31FN6O2/c1-16(2)31(18-4-3-5-18)23(32)19-12-17(25)6-7-20(19)33-22-21(27-15-28-29-22)30-13-24(14-30)8-10-26-11-9-24/h6-7,12,15-16,18,26H,3-5,8-11,13-14H2,1-2H3. The summed E-state index contributed by atoms with van der Waals surface area (Å²) < 4.78 is 20.3. The van der Waals surface area contributed by atoms with Crippen LogP contribution in [0.2, 0.25) is 0 Å². The number of anilines is 1. The molecule has 3 aliphatic rings. The van der Waals surface area contributed by atoms with Crippen molar-refractivity contribution in [2.45, 2.75) is 58.0 Å². The van der Waals surface area contributed by atoms with Gasteiger partial charge in [-0.2, -0.15) is 0 Å². The van der Waals surface area contributed by atoms with Gasteiger partial charge in [0.15, 0.2) is 5.82 Å². The summed E-state index contributed by atoms with van der Waals surface area (Å²) in [5, 5.41) is 11.5. The summed E-state index contributed by atoms with van der Waals surface area (Å²) in [5.74, 6) is 0.418. The van der Waals surface area contributed by atoms with E-state index in [0.717, 1.165) is 58.3 Å². The Hall–Kier alpha value is -2.81. The van der Waals surface area contributed by atoms with Gasteiger partial charge in [0.2, 0.25) is 0 Å². The van der Waals surface area contributed by atoms with Crippen molar-refractivity contribution in [2.75, 3.05) is 31.1 Å². The molecule has 9 heteroatoms. The van der Waals surface area contributed by atoms with Gasteiger partial charge in [-0.05, 0) is 77.2 Å². The zero-order chi connectivity index (χ0) is 23.0. The second-order valence-electron chi connectivity index (χ2n) is 9.83. The number of nitrogens with one attached hydrogen (secondary N) is 1. The van der Waals surface area contributed by atoms with Crippen molar-refractivity contribution in [3.8, 4) is 11.6 Å². The first kappa shape index (κ1) is 22.0. The summed E-state index contributed by atoms with van der Waals surface area (Å²) in [6, 6.07) is 4.24. The molecule has 0 bridgehead atoms. The zero-order valence-electron chi connectivity index (χ0n) is 19.3. The molecule has 1 aromatic heterocycles. The summed E-state index contributed by atoms with van der Waals surface area (Å²) in [7, 11) is 0. The van der Waals surface area contributed by atoms with Crippen molar-refractivity contribution < 1.29 is 13.9 Å². The van der Waals surface area contributed by atoms with Gasteiger partial charge in [-0.3, -0.25) is 4.79 Å². The van der Waals surface area contributed by atoms with Crippen LogP contribution in [0.25, 0.3) is 0 Å². The molecule has 1 amide bonds. The molecule has 0 unspecified atom stereocenters. The molecule has 0 atom stereocenters. The molecule has 1 N–H and O–H groups in total. The van der Waals surface area contributed by atoms with Gasteiger partial charge < -0.3 is 19.9 Å². The molecule has 2 saturated heterocycles. The molecule has 33 heavy (non-hydrogen) atoms. The van der Waals surface area contributed by atoms with Crippen LogP contribution in [0.15, 0.2) is 24.5 Å². The van der Waals surface area contributed by atoms with Crippen molar-refractivity contribution in [1.29, 1.82) is 0 Å². The smallest absolute Gasteiger partial charge is 0.282 e. The van der Waals surface area contributed by atoms with Gasteiger partial charge in [0.25, 0.3) is 11.8 Å². The normalized spacial score (nSPS) is 19.8. The lowest BCUT2D eigenvalue weighted by Crippen LogP contribution is -2.60. The Morgan fingerprint density at radius 2 is 2.03 bits per heavy atom. The number of hydrogen-bond donors (Lipinski definition) is 1.